The molecule has 2 unspecified atom stereocenters. The summed E-state index contributed by atoms with van der Waals surface area (Å²) >= 11 is 0. The van der Waals surface area contributed by atoms with E-state index in [1.165, 1.54) is 6.92 Å². The van der Waals surface area contributed by atoms with Crippen molar-refractivity contribution in [1.29, 1.82) is 0 Å². The van der Waals surface area contributed by atoms with Crippen LogP contribution in [0.25, 0.3) is 0 Å². The number of hydrogen-bond donors (Lipinski definition) is 1. The fraction of sp³-hybridized carbons (Fsp3) is 0.318. The first-order chi connectivity index (χ1) is 12.0. The smallest absolute Gasteiger partial charge is 0.161 e. The number of ether oxygens (including phenoxy) is 1. The summed E-state index contributed by atoms with van der Waals surface area (Å²) in [5, 5.41) is 9.31. The first-order valence-electron chi connectivity index (χ1n) is 8.55. The number of carbonyl (C=O) groups is 1. The van der Waals surface area contributed by atoms with Crippen LogP contribution >= 0.6 is 0 Å². The van der Waals surface area contributed by atoms with Gasteiger partial charge in [-0.15, -0.1) is 0 Å². The quantitative estimate of drug-likeness (QED) is 0.813. The third kappa shape index (κ3) is 5.77. The van der Waals surface area contributed by atoms with Gasteiger partial charge in [-0.1, -0.05) is 30.9 Å². The van der Waals surface area contributed by atoms with E-state index >= 15 is 0 Å². The number of Topliss-reactive ketones (excluding diaryl/α,β-unsaturated/α-hetero) is 1. The summed E-state index contributed by atoms with van der Waals surface area (Å²) in [7, 11) is 0. The molecule has 0 radical (unpaired) electrons. The maximum absolute atomic E-state index is 11.6. The molecule has 3 heteroatoms. The Kier molecular flexibility index (Phi) is 6.80. The molecular formula is C22H24O3. The van der Waals surface area contributed by atoms with E-state index in [1.807, 2.05) is 62.4 Å². The molecule has 0 saturated heterocycles. The van der Waals surface area contributed by atoms with E-state index in [0.29, 0.717) is 13.0 Å². The van der Waals surface area contributed by atoms with Crippen molar-refractivity contribution in [3.05, 3.63) is 65.2 Å². The van der Waals surface area contributed by atoms with Crippen LogP contribution in [0.15, 0.2) is 48.5 Å². The Labute approximate surface area is 149 Å². The number of ketones is 1. The van der Waals surface area contributed by atoms with Gasteiger partial charge in [0.1, 0.15) is 11.9 Å². The van der Waals surface area contributed by atoms with E-state index in [0.717, 1.165) is 22.4 Å². The normalized spacial score (nSPS) is 12.6. The highest BCUT2D eigenvalue weighted by Crippen LogP contribution is 2.20. The Balaban J connectivity index is 2.02. The summed E-state index contributed by atoms with van der Waals surface area (Å²) in [6.45, 7) is 6.10. The average Bonchev–Trinajstić information content (AvgIpc) is 2.61. The van der Waals surface area contributed by atoms with Gasteiger partial charge in [-0.05, 0) is 61.7 Å². The second-order valence-electron chi connectivity index (χ2n) is 6.08. The van der Waals surface area contributed by atoms with Gasteiger partial charge in [-0.3, -0.25) is 4.79 Å². The Hall–Kier alpha value is -2.57. The van der Waals surface area contributed by atoms with Crippen LogP contribution in [0.5, 0.6) is 5.75 Å². The van der Waals surface area contributed by atoms with E-state index in [4.69, 9.17) is 4.74 Å². The molecule has 0 amide bonds. The van der Waals surface area contributed by atoms with Crippen LogP contribution in [0.3, 0.4) is 0 Å². The van der Waals surface area contributed by atoms with Crippen molar-refractivity contribution in [2.75, 3.05) is 6.61 Å². The van der Waals surface area contributed by atoms with Crippen molar-refractivity contribution in [3.63, 3.8) is 0 Å². The number of carbonyl (C=O) groups excluding carboxylic acids is 1. The summed E-state index contributed by atoms with van der Waals surface area (Å²) in [4.78, 5) is 11.6. The van der Waals surface area contributed by atoms with Crippen LogP contribution < -0.4 is 4.74 Å². The minimum Gasteiger partial charge on any atom is -0.494 e. The average molecular weight is 336 g/mol. The van der Waals surface area contributed by atoms with Crippen LogP contribution in [-0.4, -0.2) is 23.6 Å². The molecule has 0 aliphatic rings. The first kappa shape index (κ1) is 18.8. The van der Waals surface area contributed by atoms with Crippen LogP contribution in [0.2, 0.25) is 0 Å². The molecule has 2 atom stereocenters. The lowest BCUT2D eigenvalue weighted by Gasteiger charge is -2.12. The molecule has 0 bridgehead atoms. The van der Waals surface area contributed by atoms with Crippen molar-refractivity contribution in [3.8, 4) is 17.6 Å². The predicted octanol–water partition coefficient (Wildman–Crippen LogP) is 3.93. The molecule has 3 nitrogen and oxygen atoms in total. The Morgan fingerprint density at radius 1 is 1.00 bits per heavy atom. The van der Waals surface area contributed by atoms with Gasteiger partial charge >= 0.3 is 0 Å². The molecule has 25 heavy (non-hydrogen) atoms. The molecule has 0 fully saturated rings. The molecular weight excluding hydrogens is 312 g/mol. The highest BCUT2D eigenvalue weighted by Gasteiger charge is 2.14. The van der Waals surface area contributed by atoms with Gasteiger partial charge in [-0.2, -0.15) is 0 Å². The van der Waals surface area contributed by atoms with Gasteiger partial charge < -0.3 is 9.84 Å². The number of aliphatic hydroxyl groups is 1. The van der Waals surface area contributed by atoms with Gasteiger partial charge in [0, 0.05) is 17.5 Å². The van der Waals surface area contributed by atoms with E-state index in [9.17, 15) is 9.90 Å². The van der Waals surface area contributed by atoms with Gasteiger partial charge in [0.2, 0.25) is 0 Å². The summed E-state index contributed by atoms with van der Waals surface area (Å²) in [5.74, 6) is 7.07. The molecule has 0 heterocycles. The zero-order chi connectivity index (χ0) is 18.2. The van der Waals surface area contributed by atoms with E-state index in [2.05, 4.69) is 11.8 Å². The molecule has 2 aromatic rings. The van der Waals surface area contributed by atoms with Gasteiger partial charge in [0.15, 0.2) is 5.78 Å². The van der Waals surface area contributed by atoms with Crippen LogP contribution in [0, 0.1) is 11.8 Å². The van der Waals surface area contributed by atoms with Crippen molar-refractivity contribution < 1.29 is 14.6 Å². The van der Waals surface area contributed by atoms with Crippen molar-refractivity contribution >= 4 is 5.78 Å². The first-order valence-corrected chi connectivity index (χ1v) is 8.55. The molecule has 0 saturated carbocycles. The zero-order valence-corrected chi connectivity index (χ0v) is 15.0. The monoisotopic (exact) mass is 336 g/mol. The minimum atomic E-state index is -0.901. The third-order valence-corrected chi connectivity index (χ3v) is 3.97. The topological polar surface area (TPSA) is 46.5 Å². The van der Waals surface area contributed by atoms with Gasteiger partial charge in [0.05, 0.1) is 6.61 Å². The second-order valence-corrected chi connectivity index (χ2v) is 6.08. The number of hydrogen-bond acceptors (Lipinski definition) is 3. The molecule has 2 aromatic carbocycles. The third-order valence-electron chi connectivity index (χ3n) is 3.97. The summed E-state index contributed by atoms with van der Waals surface area (Å²) < 4.78 is 5.41. The Morgan fingerprint density at radius 3 is 2.00 bits per heavy atom. The lowest BCUT2D eigenvalue weighted by Crippen LogP contribution is -2.17. The summed E-state index contributed by atoms with van der Waals surface area (Å²) in [6.07, 6.45) is -0.559. The Morgan fingerprint density at radius 2 is 1.52 bits per heavy atom. The van der Waals surface area contributed by atoms with Crippen LogP contribution in [0.1, 0.15) is 49.8 Å². The second kappa shape index (κ2) is 9.05. The number of rotatable bonds is 6. The molecule has 1 N–H and O–H groups in total. The van der Waals surface area contributed by atoms with E-state index in [-0.39, 0.29) is 11.7 Å². The predicted molar refractivity (Wildman–Crippen MR) is 99.8 cm³/mol. The highest BCUT2D eigenvalue weighted by atomic mass is 16.5. The fourth-order valence-electron chi connectivity index (χ4n) is 2.43. The fourth-order valence-corrected chi connectivity index (χ4v) is 2.43. The van der Waals surface area contributed by atoms with Gasteiger partial charge in [-0.25, -0.2) is 0 Å². The minimum absolute atomic E-state index is 0.0789. The summed E-state index contributed by atoms with van der Waals surface area (Å²) in [6, 6.07) is 15.6. The largest absolute Gasteiger partial charge is 0.494 e. The molecule has 0 aliphatic carbocycles. The van der Waals surface area contributed by atoms with Crippen LogP contribution in [-0.2, 0) is 4.79 Å². The number of aliphatic hydroxyl groups excluding tert-OH is 1. The summed E-state index contributed by atoms with van der Waals surface area (Å²) in [5.41, 5.74) is 2.93. The maximum Gasteiger partial charge on any atom is 0.161 e. The molecule has 130 valence electrons. The SMILES string of the molecule is CCOc1ccc(C#Cc2ccc(C(C)CC(=O)C(C)O)cc2)cc1. The standard InChI is InChI=1S/C22H24O3/c1-4-25-21-13-9-19(10-14-21)6-5-18-7-11-20(12-8-18)16(2)15-22(24)17(3)23/h7-14,16-17,23H,4,15H2,1-3H3. The lowest BCUT2D eigenvalue weighted by molar-refractivity contribution is -0.126. The molecule has 0 aliphatic heterocycles. The van der Waals surface area contributed by atoms with Crippen molar-refractivity contribution in [1.82, 2.24) is 0 Å². The zero-order valence-electron chi connectivity index (χ0n) is 15.0. The van der Waals surface area contributed by atoms with Gasteiger partial charge in [0.25, 0.3) is 0 Å². The maximum atomic E-state index is 11.6. The lowest BCUT2D eigenvalue weighted by atomic mass is 9.93. The highest BCUT2D eigenvalue weighted by molar-refractivity contribution is 5.83. The molecule has 0 aromatic heterocycles. The molecule has 2 rings (SSSR count). The van der Waals surface area contributed by atoms with E-state index < -0.39 is 6.10 Å². The van der Waals surface area contributed by atoms with E-state index in [1.54, 1.807) is 0 Å². The van der Waals surface area contributed by atoms with Crippen LogP contribution in [0.4, 0.5) is 0 Å². The Bertz CT molecular complexity index is 747. The molecule has 0 spiro atoms. The van der Waals surface area contributed by atoms with Crippen molar-refractivity contribution in [2.45, 2.75) is 39.2 Å². The van der Waals surface area contributed by atoms with Crippen molar-refractivity contribution in [2.24, 2.45) is 0 Å². The number of benzene rings is 2.